The van der Waals surface area contributed by atoms with Crippen molar-refractivity contribution in [2.45, 2.75) is 58.7 Å². The van der Waals surface area contributed by atoms with E-state index in [1.807, 2.05) is 11.8 Å². The van der Waals surface area contributed by atoms with Crippen LogP contribution in [0.25, 0.3) is 0 Å². The minimum atomic E-state index is 0.219. The third-order valence-electron chi connectivity index (χ3n) is 3.02. The minimum absolute atomic E-state index is 0.219. The first-order valence-electron chi connectivity index (χ1n) is 6.27. The molecule has 0 saturated carbocycles. The topological polar surface area (TPSA) is 15.3 Å². The number of likely N-dealkylation sites (N-methyl/N-ethyl adjacent to an activating group) is 1. The Bertz CT molecular complexity index is 177. The molecule has 1 N–H and O–H groups in total. The van der Waals surface area contributed by atoms with Gasteiger partial charge >= 0.3 is 0 Å². The van der Waals surface area contributed by atoms with Gasteiger partial charge in [0, 0.05) is 29.9 Å². The van der Waals surface area contributed by atoms with Gasteiger partial charge in [0.15, 0.2) is 0 Å². The molecule has 16 heavy (non-hydrogen) atoms. The van der Waals surface area contributed by atoms with Gasteiger partial charge in [0.2, 0.25) is 0 Å². The van der Waals surface area contributed by atoms with Crippen molar-refractivity contribution in [3.05, 3.63) is 0 Å². The Morgan fingerprint density at radius 1 is 1.31 bits per heavy atom. The zero-order chi connectivity index (χ0) is 12.8. The maximum atomic E-state index is 3.60. The molecule has 0 amide bonds. The van der Waals surface area contributed by atoms with Gasteiger partial charge in [-0.3, -0.25) is 4.90 Å². The van der Waals surface area contributed by atoms with Crippen molar-refractivity contribution >= 4 is 11.8 Å². The summed E-state index contributed by atoms with van der Waals surface area (Å²) in [5, 5.41) is 3.60. The molecule has 0 radical (unpaired) electrons. The van der Waals surface area contributed by atoms with Gasteiger partial charge in [-0.15, -0.1) is 0 Å². The molecule has 0 aromatic carbocycles. The summed E-state index contributed by atoms with van der Waals surface area (Å²) in [7, 11) is 2.25. The zero-order valence-electron chi connectivity index (χ0n) is 12.1. The van der Waals surface area contributed by atoms with Crippen molar-refractivity contribution in [2.75, 3.05) is 25.6 Å². The van der Waals surface area contributed by atoms with Crippen LogP contribution in [-0.2, 0) is 0 Å². The van der Waals surface area contributed by atoms with Crippen molar-refractivity contribution in [1.29, 1.82) is 0 Å². The van der Waals surface area contributed by atoms with Crippen molar-refractivity contribution < 1.29 is 0 Å². The van der Waals surface area contributed by atoms with Crippen molar-refractivity contribution in [3.8, 4) is 0 Å². The van der Waals surface area contributed by atoms with E-state index in [1.165, 1.54) is 12.2 Å². The lowest BCUT2D eigenvalue weighted by Crippen LogP contribution is -2.49. The maximum Gasteiger partial charge on any atom is 0.0218 e. The fourth-order valence-electron chi connectivity index (χ4n) is 1.72. The third kappa shape index (κ3) is 6.77. The van der Waals surface area contributed by atoms with Crippen LogP contribution in [-0.4, -0.2) is 48.1 Å². The van der Waals surface area contributed by atoms with Crippen LogP contribution in [0, 0.1) is 0 Å². The second kappa shape index (κ2) is 7.57. The molecular weight excluding hydrogens is 216 g/mol. The number of rotatable bonds is 7. The highest BCUT2D eigenvalue weighted by atomic mass is 32.2. The van der Waals surface area contributed by atoms with Crippen LogP contribution >= 0.6 is 11.8 Å². The lowest BCUT2D eigenvalue weighted by molar-refractivity contribution is 0.179. The Kier molecular flexibility index (Phi) is 7.70. The molecule has 0 spiro atoms. The van der Waals surface area contributed by atoms with Crippen molar-refractivity contribution in [1.82, 2.24) is 10.2 Å². The molecule has 0 fully saturated rings. The zero-order valence-corrected chi connectivity index (χ0v) is 12.9. The molecule has 0 aliphatic heterocycles. The second-order valence-electron chi connectivity index (χ2n) is 5.66. The Hall–Kier alpha value is 0.270. The lowest BCUT2D eigenvalue weighted by atomic mass is 10.1. The highest BCUT2D eigenvalue weighted by Gasteiger charge is 2.19. The van der Waals surface area contributed by atoms with E-state index in [9.17, 15) is 0 Å². The first-order chi connectivity index (χ1) is 7.31. The molecule has 0 aliphatic rings. The average Bonchev–Trinajstić information content (AvgIpc) is 2.17. The van der Waals surface area contributed by atoms with E-state index in [0.29, 0.717) is 12.1 Å². The summed E-state index contributed by atoms with van der Waals surface area (Å²) in [6, 6.07) is 1.29. The van der Waals surface area contributed by atoms with Crippen molar-refractivity contribution in [3.63, 3.8) is 0 Å². The smallest absolute Gasteiger partial charge is 0.0218 e. The molecule has 0 aromatic heterocycles. The minimum Gasteiger partial charge on any atom is -0.311 e. The van der Waals surface area contributed by atoms with Crippen LogP contribution < -0.4 is 5.32 Å². The van der Waals surface area contributed by atoms with Gasteiger partial charge in [-0.1, -0.05) is 6.92 Å². The standard InChI is InChI=1S/C13H30N2S/c1-8-12(9-14-13(3,4)5)15(6)11(2)10-16-7/h11-12,14H,8-10H2,1-7H3. The molecule has 0 aromatic rings. The van der Waals surface area contributed by atoms with E-state index in [-0.39, 0.29) is 5.54 Å². The monoisotopic (exact) mass is 246 g/mol. The van der Waals surface area contributed by atoms with Crippen LogP contribution in [0.5, 0.6) is 0 Å². The van der Waals surface area contributed by atoms with Gasteiger partial charge in [-0.25, -0.2) is 0 Å². The highest BCUT2D eigenvalue weighted by molar-refractivity contribution is 7.98. The fraction of sp³-hybridized carbons (Fsp3) is 1.00. The molecule has 2 unspecified atom stereocenters. The van der Waals surface area contributed by atoms with Crippen LogP contribution in [0.15, 0.2) is 0 Å². The molecule has 0 bridgehead atoms. The second-order valence-corrected chi connectivity index (χ2v) is 6.57. The fourth-order valence-corrected chi connectivity index (χ4v) is 2.44. The van der Waals surface area contributed by atoms with Gasteiger partial charge in [0.05, 0.1) is 0 Å². The number of hydrogen-bond donors (Lipinski definition) is 1. The highest BCUT2D eigenvalue weighted by Crippen LogP contribution is 2.11. The molecule has 0 rings (SSSR count). The summed E-state index contributed by atoms with van der Waals surface area (Å²) in [6.45, 7) is 12.4. The average molecular weight is 246 g/mol. The van der Waals surface area contributed by atoms with Crippen LogP contribution in [0.2, 0.25) is 0 Å². The quantitative estimate of drug-likeness (QED) is 0.743. The van der Waals surface area contributed by atoms with Gasteiger partial charge in [-0.2, -0.15) is 11.8 Å². The third-order valence-corrected chi connectivity index (χ3v) is 3.83. The SMILES string of the molecule is CCC(CNC(C)(C)C)N(C)C(C)CSC. The van der Waals surface area contributed by atoms with E-state index in [1.54, 1.807) is 0 Å². The molecule has 2 atom stereocenters. The van der Waals surface area contributed by atoms with Crippen LogP contribution in [0.1, 0.15) is 41.0 Å². The number of hydrogen-bond acceptors (Lipinski definition) is 3. The van der Waals surface area contributed by atoms with Crippen LogP contribution in [0.4, 0.5) is 0 Å². The van der Waals surface area contributed by atoms with E-state index in [0.717, 1.165) is 6.54 Å². The first-order valence-corrected chi connectivity index (χ1v) is 7.67. The van der Waals surface area contributed by atoms with E-state index >= 15 is 0 Å². The normalized spacial score (nSPS) is 16.5. The molecule has 2 nitrogen and oxygen atoms in total. The number of nitrogens with one attached hydrogen (secondary N) is 1. The Balaban J connectivity index is 4.16. The predicted molar refractivity (Wildman–Crippen MR) is 77.4 cm³/mol. The number of thioether (sulfide) groups is 1. The predicted octanol–water partition coefficient (Wildman–Crippen LogP) is 2.84. The summed E-state index contributed by atoms with van der Waals surface area (Å²) < 4.78 is 0. The molecular formula is C13H30N2S. The van der Waals surface area contributed by atoms with Gasteiger partial charge in [0.25, 0.3) is 0 Å². The molecule has 0 aliphatic carbocycles. The summed E-state index contributed by atoms with van der Waals surface area (Å²) >= 11 is 1.93. The Labute approximate surface area is 107 Å². The molecule has 3 heteroatoms. The lowest BCUT2D eigenvalue weighted by Gasteiger charge is -2.34. The number of nitrogens with zero attached hydrogens (tertiary/aromatic N) is 1. The first kappa shape index (κ1) is 16.3. The Morgan fingerprint density at radius 3 is 2.25 bits per heavy atom. The van der Waals surface area contributed by atoms with Crippen LogP contribution in [0.3, 0.4) is 0 Å². The molecule has 0 heterocycles. The maximum absolute atomic E-state index is 3.60. The van der Waals surface area contributed by atoms with E-state index in [4.69, 9.17) is 0 Å². The van der Waals surface area contributed by atoms with Gasteiger partial charge < -0.3 is 5.32 Å². The molecule has 98 valence electrons. The largest absolute Gasteiger partial charge is 0.311 e. The van der Waals surface area contributed by atoms with E-state index < -0.39 is 0 Å². The summed E-state index contributed by atoms with van der Waals surface area (Å²) in [5.74, 6) is 1.21. The Morgan fingerprint density at radius 2 is 1.88 bits per heavy atom. The van der Waals surface area contributed by atoms with Gasteiger partial charge in [0.1, 0.15) is 0 Å². The summed E-state index contributed by atoms with van der Waals surface area (Å²) in [5.41, 5.74) is 0.219. The molecule has 0 saturated heterocycles. The van der Waals surface area contributed by atoms with Gasteiger partial charge in [-0.05, 0) is 47.4 Å². The summed E-state index contributed by atoms with van der Waals surface area (Å²) in [4.78, 5) is 2.51. The van der Waals surface area contributed by atoms with E-state index in [2.05, 4.69) is 58.1 Å². The van der Waals surface area contributed by atoms with Crippen molar-refractivity contribution in [2.24, 2.45) is 0 Å². The summed E-state index contributed by atoms with van der Waals surface area (Å²) in [6.07, 6.45) is 3.39.